The Hall–Kier alpha value is -2.58. The Labute approximate surface area is 186 Å². The summed E-state index contributed by atoms with van der Waals surface area (Å²) in [6.07, 6.45) is 4.40. The molecule has 3 heterocycles. The van der Waals surface area contributed by atoms with Crippen molar-refractivity contribution in [2.24, 2.45) is 5.41 Å². The highest BCUT2D eigenvalue weighted by Crippen LogP contribution is 2.41. The van der Waals surface area contributed by atoms with Crippen molar-refractivity contribution in [2.75, 3.05) is 32.8 Å². The third-order valence-corrected chi connectivity index (χ3v) is 6.63. The molecule has 0 atom stereocenters. The zero-order chi connectivity index (χ0) is 22.0. The number of benzene rings is 1. The minimum Gasteiger partial charge on any atom is -0.492 e. The summed E-state index contributed by atoms with van der Waals surface area (Å²) in [4.78, 5) is 27.9. The number of hydrogen-bond acceptors (Lipinski definition) is 5. The summed E-state index contributed by atoms with van der Waals surface area (Å²) in [5, 5.41) is 13.5. The molecule has 2 aliphatic rings. The van der Waals surface area contributed by atoms with Crippen molar-refractivity contribution >= 4 is 23.6 Å². The number of carboxylic acids is 1. The molecule has 0 bridgehead atoms. The SMILES string of the molecule is CCOc1cc(CN2CCC3(CCN(C(=O)n4ccc(C(=O)O)n4)CC3)C2)ccc1Cl. The Morgan fingerprint density at radius 1 is 1.19 bits per heavy atom. The fourth-order valence-corrected chi connectivity index (χ4v) is 4.78. The number of piperidine rings is 1. The molecule has 31 heavy (non-hydrogen) atoms. The highest BCUT2D eigenvalue weighted by Gasteiger charge is 2.41. The first-order valence-corrected chi connectivity index (χ1v) is 11.0. The number of carboxylic acid groups (broad SMARTS) is 1. The number of aromatic nitrogens is 2. The van der Waals surface area contributed by atoms with E-state index in [1.165, 1.54) is 17.8 Å². The summed E-state index contributed by atoms with van der Waals surface area (Å²) in [5.74, 6) is -0.406. The molecule has 1 aromatic heterocycles. The minimum absolute atomic E-state index is 0.122. The van der Waals surface area contributed by atoms with Gasteiger partial charge in [0.15, 0.2) is 5.69 Å². The lowest BCUT2D eigenvalue weighted by atomic mass is 9.78. The van der Waals surface area contributed by atoms with Gasteiger partial charge in [0.1, 0.15) is 5.75 Å². The van der Waals surface area contributed by atoms with Crippen molar-refractivity contribution in [3.8, 4) is 5.75 Å². The van der Waals surface area contributed by atoms with Crippen LogP contribution in [0.15, 0.2) is 30.5 Å². The van der Waals surface area contributed by atoms with E-state index in [1.807, 2.05) is 25.1 Å². The first-order chi connectivity index (χ1) is 14.9. The fourth-order valence-electron chi connectivity index (χ4n) is 4.60. The quantitative estimate of drug-likeness (QED) is 0.755. The monoisotopic (exact) mass is 446 g/mol. The fraction of sp³-hybridized carbons (Fsp3) is 0.500. The summed E-state index contributed by atoms with van der Waals surface area (Å²) >= 11 is 6.20. The third kappa shape index (κ3) is 4.70. The van der Waals surface area contributed by atoms with Gasteiger partial charge in [0.25, 0.3) is 0 Å². The van der Waals surface area contributed by atoms with Crippen LogP contribution in [0.3, 0.4) is 0 Å². The van der Waals surface area contributed by atoms with Crippen LogP contribution in [0.5, 0.6) is 5.75 Å². The molecule has 2 fully saturated rings. The van der Waals surface area contributed by atoms with Gasteiger partial charge in [0.2, 0.25) is 0 Å². The highest BCUT2D eigenvalue weighted by atomic mass is 35.5. The second kappa shape index (κ2) is 8.88. The standard InChI is InChI=1S/C22H27ClN4O4/c1-2-31-19-13-16(3-4-17(19)23)14-25-10-6-22(15-25)7-11-26(12-8-22)21(30)27-9-5-18(24-27)20(28)29/h3-5,9,13H,2,6-8,10-12,14-15H2,1H3,(H,28,29). The maximum atomic E-state index is 12.7. The van der Waals surface area contributed by atoms with Gasteiger partial charge in [-0.15, -0.1) is 0 Å². The van der Waals surface area contributed by atoms with Gasteiger partial charge in [-0.3, -0.25) is 4.90 Å². The molecule has 0 unspecified atom stereocenters. The average Bonchev–Trinajstić information content (AvgIpc) is 3.39. The van der Waals surface area contributed by atoms with Crippen LogP contribution in [-0.4, -0.2) is 69.5 Å². The lowest BCUT2D eigenvalue weighted by Crippen LogP contribution is -2.45. The Bertz CT molecular complexity index is 968. The summed E-state index contributed by atoms with van der Waals surface area (Å²) in [6.45, 7) is 6.74. The maximum Gasteiger partial charge on any atom is 0.356 e. The lowest BCUT2D eigenvalue weighted by Gasteiger charge is -2.39. The first-order valence-electron chi connectivity index (χ1n) is 10.6. The van der Waals surface area contributed by atoms with Crippen molar-refractivity contribution in [3.63, 3.8) is 0 Å². The van der Waals surface area contributed by atoms with Gasteiger partial charge in [-0.05, 0) is 61.9 Å². The Balaban J connectivity index is 1.33. The summed E-state index contributed by atoms with van der Waals surface area (Å²) in [7, 11) is 0. The number of likely N-dealkylation sites (tertiary alicyclic amines) is 2. The predicted octanol–water partition coefficient (Wildman–Crippen LogP) is 3.59. The molecule has 2 aliphatic heterocycles. The number of ether oxygens (including phenoxy) is 1. The molecule has 166 valence electrons. The van der Waals surface area contributed by atoms with E-state index in [0.717, 1.165) is 49.3 Å². The van der Waals surface area contributed by atoms with E-state index in [9.17, 15) is 9.59 Å². The molecule has 1 aromatic carbocycles. The van der Waals surface area contributed by atoms with Gasteiger partial charge in [-0.25, -0.2) is 9.59 Å². The van der Waals surface area contributed by atoms with Crippen LogP contribution >= 0.6 is 11.6 Å². The first kappa shape index (κ1) is 21.6. The molecule has 2 aromatic rings. The molecule has 9 heteroatoms. The van der Waals surface area contributed by atoms with Crippen LogP contribution < -0.4 is 4.74 Å². The molecule has 1 spiro atoms. The van der Waals surface area contributed by atoms with Gasteiger partial charge in [-0.1, -0.05) is 17.7 Å². The maximum absolute atomic E-state index is 12.7. The van der Waals surface area contributed by atoms with Crippen LogP contribution in [0.1, 0.15) is 42.2 Å². The van der Waals surface area contributed by atoms with Gasteiger partial charge in [0.05, 0.1) is 11.6 Å². The third-order valence-electron chi connectivity index (χ3n) is 6.32. The van der Waals surface area contributed by atoms with Crippen LogP contribution in [-0.2, 0) is 6.54 Å². The topological polar surface area (TPSA) is 87.9 Å². The molecule has 0 aliphatic carbocycles. The van der Waals surface area contributed by atoms with E-state index in [1.54, 1.807) is 4.90 Å². The Kier molecular flexibility index (Phi) is 6.20. The van der Waals surface area contributed by atoms with E-state index >= 15 is 0 Å². The van der Waals surface area contributed by atoms with Crippen LogP contribution in [0.4, 0.5) is 4.79 Å². The van der Waals surface area contributed by atoms with E-state index < -0.39 is 5.97 Å². The smallest absolute Gasteiger partial charge is 0.356 e. The molecular formula is C22H27ClN4O4. The minimum atomic E-state index is -1.13. The van der Waals surface area contributed by atoms with Crippen LogP contribution in [0, 0.1) is 5.41 Å². The number of carbonyl (C=O) groups excluding carboxylic acids is 1. The van der Waals surface area contributed by atoms with E-state index in [0.29, 0.717) is 24.7 Å². The van der Waals surface area contributed by atoms with Crippen LogP contribution in [0.25, 0.3) is 0 Å². The second-order valence-corrected chi connectivity index (χ2v) is 8.79. The molecule has 1 N–H and O–H groups in total. The number of carbonyl (C=O) groups is 2. The normalized spacial score (nSPS) is 18.5. The number of amides is 1. The number of aromatic carboxylic acids is 1. The number of rotatable bonds is 5. The molecule has 2 saturated heterocycles. The lowest BCUT2D eigenvalue weighted by molar-refractivity contribution is 0.0689. The molecular weight excluding hydrogens is 420 g/mol. The molecule has 4 rings (SSSR count). The number of nitrogens with zero attached hydrogens (tertiary/aromatic N) is 4. The Morgan fingerprint density at radius 3 is 2.61 bits per heavy atom. The van der Waals surface area contributed by atoms with E-state index in [2.05, 4.69) is 10.00 Å². The predicted molar refractivity (Wildman–Crippen MR) is 116 cm³/mol. The molecule has 1 amide bonds. The van der Waals surface area contributed by atoms with E-state index in [-0.39, 0.29) is 17.1 Å². The number of hydrogen-bond donors (Lipinski definition) is 1. The second-order valence-electron chi connectivity index (χ2n) is 8.38. The zero-order valence-electron chi connectivity index (χ0n) is 17.6. The zero-order valence-corrected chi connectivity index (χ0v) is 18.3. The van der Waals surface area contributed by atoms with E-state index in [4.69, 9.17) is 21.4 Å². The summed E-state index contributed by atoms with van der Waals surface area (Å²) in [5.41, 5.74) is 1.29. The largest absolute Gasteiger partial charge is 0.492 e. The van der Waals surface area contributed by atoms with Crippen molar-refractivity contribution < 1.29 is 19.4 Å². The summed E-state index contributed by atoms with van der Waals surface area (Å²) in [6, 6.07) is 7.04. The van der Waals surface area contributed by atoms with Gasteiger partial charge >= 0.3 is 12.0 Å². The Morgan fingerprint density at radius 2 is 1.94 bits per heavy atom. The van der Waals surface area contributed by atoms with Crippen molar-refractivity contribution in [1.29, 1.82) is 0 Å². The number of halogens is 1. The van der Waals surface area contributed by atoms with Crippen molar-refractivity contribution in [2.45, 2.75) is 32.7 Å². The van der Waals surface area contributed by atoms with Gasteiger partial charge in [-0.2, -0.15) is 9.78 Å². The highest BCUT2D eigenvalue weighted by molar-refractivity contribution is 6.32. The van der Waals surface area contributed by atoms with Crippen LogP contribution in [0.2, 0.25) is 5.02 Å². The molecule has 0 radical (unpaired) electrons. The molecule has 8 nitrogen and oxygen atoms in total. The van der Waals surface area contributed by atoms with Crippen molar-refractivity contribution in [3.05, 3.63) is 46.7 Å². The van der Waals surface area contributed by atoms with Crippen molar-refractivity contribution in [1.82, 2.24) is 19.6 Å². The van der Waals surface area contributed by atoms with Gasteiger partial charge in [0, 0.05) is 32.4 Å². The molecule has 0 saturated carbocycles. The van der Waals surface area contributed by atoms with Gasteiger partial charge < -0.3 is 14.7 Å². The summed E-state index contributed by atoms with van der Waals surface area (Å²) < 4.78 is 6.73. The average molecular weight is 447 g/mol.